The predicted molar refractivity (Wildman–Crippen MR) is 244 cm³/mol. The number of hydrogen-bond donors (Lipinski definition) is 0. The van der Waals surface area contributed by atoms with Gasteiger partial charge in [0.1, 0.15) is 11.0 Å². The summed E-state index contributed by atoms with van der Waals surface area (Å²) in [6.07, 6.45) is 0. The lowest BCUT2D eigenvalue weighted by Crippen LogP contribution is -1.96. The molecule has 0 radical (unpaired) electrons. The van der Waals surface area contributed by atoms with Crippen molar-refractivity contribution in [2.75, 3.05) is 0 Å². The van der Waals surface area contributed by atoms with Crippen LogP contribution in [0.2, 0.25) is 0 Å². The summed E-state index contributed by atoms with van der Waals surface area (Å²) < 4.78 is 9.77. The third-order valence-corrected chi connectivity index (χ3v) is 11.5. The van der Waals surface area contributed by atoms with Crippen LogP contribution in [0.15, 0.2) is 200 Å². The Kier molecular flexibility index (Phi) is 8.60. The first kappa shape index (κ1) is 34.6. The number of para-hydroxylation sites is 1. The van der Waals surface area contributed by atoms with Crippen molar-refractivity contribution in [2.45, 2.75) is 0 Å². The molecule has 0 aliphatic carbocycles. The highest BCUT2D eigenvalue weighted by Crippen LogP contribution is 2.42. The summed E-state index contributed by atoms with van der Waals surface area (Å²) in [5.74, 6) is 0.673. The van der Waals surface area contributed by atoms with E-state index in [1.54, 1.807) is 0 Å². The van der Waals surface area contributed by atoms with E-state index in [1.165, 1.54) is 11.7 Å². The third kappa shape index (κ3) is 6.42. The molecule has 0 unspecified atom stereocenters. The lowest BCUT2D eigenvalue weighted by molar-refractivity contribution is 1.18. The first-order valence-electron chi connectivity index (χ1n) is 19.6. The molecule has 0 aliphatic rings. The molecule has 276 valence electrons. The molecule has 8 aromatic carbocycles. The molecule has 59 heavy (non-hydrogen) atoms. The summed E-state index contributed by atoms with van der Waals surface area (Å²) >= 11 is 1.25. The van der Waals surface area contributed by atoms with E-state index in [0.29, 0.717) is 5.82 Å². The Hall–Kier alpha value is -7.67. The van der Waals surface area contributed by atoms with Gasteiger partial charge in [0.15, 0.2) is 5.82 Å². The van der Waals surface area contributed by atoms with Crippen molar-refractivity contribution < 1.29 is 0 Å². The molecule has 0 aliphatic heterocycles. The van der Waals surface area contributed by atoms with Crippen LogP contribution in [0.25, 0.3) is 111 Å². The minimum Gasteiger partial charge on any atom is -0.247 e. The Morgan fingerprint density at radius 3 is 1.47 bits per heavy atom. The standard InChI is InChI=1S/C53H33N5S/c1-5-15-34(16-6-1)40-29-41(35-17-7-2-8-18-35)31-42(30-40)48-33-47(55-53(56-48)39-21-11-4-12-22-39)37-27-25-36(26-28-37)44-32-45-49(52-51(44)57-59-58-52)43-23-13-14-24-46(43)54-50(45)38-19-9-3-10-20-38/h1-33H. The highest BCUT2D eigenvalue weighted by molar-refractivity contribution is 7.00. The molecule has 5 nitrogen and oxygen atoms in total. The van der Waals surface area contributed by atoms with Gasteiger partial charge in [-0.15, -0.1) is 0 Å². The topological polar surface area (TPSA) is 64.5 Å². The molecule has 11 rings (SSSR count). The second-order valence-electron chi connectivity index (χ2n) is 14.6. The lowest BCUT2D eigenvalue weighted by atomic mass is 9.93. The van der Waals surface area contributed by atoms with Crippen LogP contribution in [0.1, 0.15) is 0 Å². The normalized spacial score (nSPS) is 11.4. The molecule has 3 heterocycles. The van der Waals surface area contributed by atoms with E-state index in [1.807, 2.05) is 30.3 Å². The predicted octanol–water partition coefficient (Wildman–Crippen LogP) is 13.9. The second-order valence-corrected chi connectivity index (χ2v) is 15.1. The van der Waals surface area contributed by atoms with Crippen molar-refractivity contribution in [3.05, 3.63) is 200 Å². The highest BCUT2D eigenvalue weighted by Gasteiger charge is 2.20. The summed E-state index contributed by atoms with van der Waals surface area (Å²) in [6, 6.07) is 69.7. The molecule has 0 fully saturated rings. The number of aromatic nitrogens is 5. The molecule has 11 aromatic rings. The molecule has 0 saturated carbocycles. The maximum atomic E-state index is 5.21. The van der Waals surface area contributed by atoms with Gasteiger partial charge in [0.2, 0.25) is 0 Å². The van der Waals surface area contributed by atoms with E-state index in [4.69, 9.17) is 23.7 Å². The van der Waals surface area contributed by atoms with Gasteiger partial charge in [-0.25, -0.2) is 15.0 Å². The van der Waals surface area contributed by atoms with Crippen LogP contribution >= 0.6 is 11.7 Å². The van der Waals surface area contributed by atoms with Gasteiger partial charge in [0.05, 0.1) is 34.3 Å². The second kappa shape index (κ2) is 14.7. The number of rotatable bonds is 7. The largest absolute Gasteiger partial charge is 0.247 e. The first-order chi connectivity index (χ1) is 29.2. The van der Waals surface area contributed by atoms with Crippen molar-refractivity contribution in [3.8, 4) is 78.5 Å². The molecule has 0 amide bonds. The van der Waals surface area contributed by atoms with Crippen LogP contribution < -0.4 is 0 Å². The average Bonchev–Trinajstić information content (AvgIpc) is 3.82. The Balaban J connectivity index is 1.07. The number of hydrogen-bond acceptors (Lipinski definition) is 6. The van der Waals surface area contributed by atoms with Gasteiger partial charge < -0.3 is 0 Å². The van der Waals surface area contributed by atoms with Crippen LogP contribution in [0.5, 0.6) is 0 Å². The Labute approximate surface area is 345 Å². The van der Waals surface area contributed by atoms with Crippen molar-refractivity contribution in [1.82, 2.24) is 23.7 Å². The monoisotopic (exact) mass is 771 g/mol. The van der Waals surface area contributed by atoms with Gasteiger partial charge in [-0.1, -0.05) is 164 Å². The van der Waals surface area contributed by atoms with Crippen LogP contribution in [-0.2, 0) is 0 Å². The lowest BCUT2D eigenvalue weighted by Gasteiger charge is -2.14. The highest BCUT2D eigenvalue weighted by atomic mass is 32.1. The van der Waals surface area contributed by atoms with Gasteiger partial charge in [-0.05, 0) is 64.2 Å². The quantitative estimate of drug-likeness (QED) is 0.151. The minimum atomic E-state index is 0.673. The molecule has 0 atom stereocenters. The van der Waals surface area contributed by atoms with Gasteiger partial charge in [-0.2, -0.15) is 8.75 Å². The summed E-state index contributed by atoms with van der Waals surface area (Å²) in [5.41, 5.74) is 16.0. The van der Waals surface area contributed by atoms with E-state index in [9.17, 15) is 0 Å². The molecule has 3 aromatic heterocycles. The fourth-order valence-electron chi connectivity index (χ4n) is 8.05. The summed E-state index contributed by atoms with van der Waals surface area (Å²) in [7, 11) is 0. The summed E-state index contributed by atoms with van der Waals surface area (Å²) in [6.45, 7) is 0. The number of nitrogens with zero attached hydrogens (tertiary/aromatic N) is 5. The zero-order chi connectivity index (χ0) is 39.1. The minimum absolute atomic E-state index is 0.673. The Morgan fingerprint density at radius 2 is 0.831 bits per heavy atom. The maximum absolute atomic E-state index is 5.21. The van der Waals surface area contributed by atoms with E-state index in [-0.39, 0.29) is 0 Å². The fraction of sp³-hybridized carbons (Fsp3) is 0. The smallest absolute Gasteiger partial charge is 0.160 e. The van der Waals surface area contributed by atoms with Gasteiger partial charge >= 0.3 is 0 Å². The van der Waals surface area contributed by atoms with Crippen molar-refractivity contribution in [1.29, 1.82) is 0 Å². The summed E-state index contributed by atoms with van der Waals surface area (Å²) in [5, 5.41) is 3.20. The zero-order valence-electron chi connectivity index (χ0n) is 31.7. The molecule has 0 spiro atoms. The average molecular weight is 772 g/mol. The van der Waals surface area contributed by atoms with Crippen LogP contribution in [0.3, 0.4) is 0 Å². The molecule has 6 heteroatoms. The van der Waals surface area contributed by atoms with Crippen molar-refractivity contribution >= 4 is 44.4 Å². The van der Waals surface area contributed by atoms with Crippen LogP contribution in [0.4, 0.5) is 0 Å². The van der Waals surface area contributed by atoms with E-state index in [2.05, 4.69) is 170 Å². The third-order valence-electron chi connectivity index (χ3n) is 10.9. The molecule has 0 N–H and O–H groups in total. The zero-order valence-corrected chi connectivity index (χ0v) is 32.5. The van der Waals surface area contributed by atoms with Gasteiger partial charge in [-0.3, -0.25) is 0 Å². The van der Waals surface area contributed by atoms with E-state index >= 15 is 0 Å². The van der Waals surface area contributed by atoms with E-state index < -0.39 is 0 Å². The first-order valence-corrected chi connectivity index (χ1v) is 20.3. The molecular weight excluding hydrogens is 739 g/mol. The van der Waals surface area contributed by atoms with Crippen LogP contribution in [-0.4, -0.2) is 23.7 Å². The molecule has 0 saturated heterocycles. The van der Waals surface area contributed by atoms with E-state index in [0.717, 1.165) is 105 Å². The van der Waals surface area contributed by atoms with Crippen molar-refractivity contribution in [2.24, 2.45) is 0 Å². The SMILES string of the molecule is c1ccc(-c2cc(-c3ccccc3)cc(-c3cc(-c4ccc(-c5cc6c(-c7ccccc7)nc7ccccc7c6c6nsnc56)cc4)nc(-c4ccccc4)n3)c2)cc1. The molecule has 0 bridgehead atoms. The fourth-order valence-corrected chi connectivity index (χ4v) is 8.62. The van der Waals surface area contributed by atoms with Crippen molar-refractivity contribution in [3.63, 3.8) is 0 Å². The maximum Gasteiger partial charge on any atom is 0.160 e. The summed E-state index contributed by atoms with van der Waals surface area (Å²) in [4.78, 5) is 15.6. The Morgan fingerprint density at radius 1 is 0.322 bits per heavy atom. The number of fused-ring (bicyclic) bond motifs is 5. The Bertz CT molecular complexity index is 3240. The van der Waals surface area contributed by atoms with Gasteiger partial charge in [0.25, 0.3) is 0 Å². The number of benzene rings is 8. The number of pyridine rings is 1. The van der Waals surface area contributed by atoms with Crippen LogP contribution in [0, 0.1) is 0 Å². The van der Waals surface area contributed by atoms with Gasteiger partial charge in [0, 0.05) is 44.0 Å². The molecular formula is C53H33N5S.